The van der Waals surface area contributed by atoms with Crippen molar-refractivity contribution in [2.75, 3.05) is 44.2 Å². The summed E-state index contributed by atoms with van der Waals surface area (Å²) < 4.78 is 5.52. The zero-order chi connectivity index (χ0) is 26.3. The SMILES string of the molecule is CC(C)(C)OC(=O)N1CCC(N2CCN(c3ccc4c(c3)CN([C@H]3CCC(=O)NC3=O)C4=O)CC2)CC1. The number of amides is 4. The fourth-order valence-electron chi connectivity index (χ4n) is 5.84. The lowest BCUT2D eigenvalue weighted by atomic mass is 10.0. The summed E-state index contributed by atoms with van der Waals surface area (Å²) in [7, 11) is 0. The number of likely N-dealkylation sites (tertiary alicyclic amines) is 1. The van der Waals surface area contributed by atoms with Crippen LogP contribution in [0.15, 0.2) is 18.2 Å². The highest BCUT2D eigenvalue weighted by molar-refractivity contribution is 6.05. The molecule has 0 bridgehead atoms. The zero-order valence-electron chi connectivity index (χ0n) is 22.0. The van der Waals surface area contributed by atoms with Crippen LogP contribution in [0.5, 0.6) is 0 Å². The van der Waals surface area contributed by atoms with Crippen LogP contribution in [0, 0.1) is 0 Å². The quantitative estimate of drug-likeness (QED) is 0.619. The summed E-state index contributed by atoms with van der Waals surface area (Å²) in [5, 5.41) is 2.35. The number of benzene rings is 1. The fourth-order valence-corrected chi connectivity index (χ4v) is 5.84. The first-order valence-corrected chi connectivity index (χ1v) is 13.3. The number of hydrogen-bond acceptors (Lipinski definition) is 7. The molecule has 0 aliphatic carbocycles. The number of piperidine rings is 2. The lowest BCUT2D eigenvalue weighted by Crippen LogP contribution is -2.54. The Morgan fingerprint density at radius 2 is 1.68 bits per heavy atom. The normalized spacial score (nSPS) is 23.8. The highest BCUT2D eigenvalue weighted by Crippen LogP contribution is 2.31. The molecule has 37 heavy (non-hydrogen) atoms. The van der Waals surface area contributed by atoms with E-state index in [9.17, 15) is 19.2 Å². The molecule has 200 valence electrons. The van der Waals surface area contributed by atoms with E-state index in [1.165, 1.54) is 0 Å². The average Bonchev–Trinajstić information content (AvgIpc) is 3.18. The van der Waals surface area contributed by atoms with Gasteiger partial charge in [-0.25, -0.2) is 4.79 Å². The number of hydrogen-bond donors (Lipinski definition) is 1. The highest BCUT2D eigenvalue weighted by Gasteiger charge is 2.39. The first-order valence-electron chi connectivity index (χ1n) is 13.3. The summed E-state index contributed by atoms with van der Waals surface area (Å²) in [5.74, 6) is -0.801. The molecule has 0 radical (unpaired) electrons. The van der Waals surface area contributed by atoms with E-state index in [2.05, 4.69) is 21.2 Å². The van der Waals surface area contributed by atoms with Crippen molar-refractivity contribution in [3.63, 3.8) is 0 Å². The second-order valence-electron chi connectivity index (χ2n) is 11.5. The molecule has 3 saturated heterocycles. The van der Waals surface area contributed by atoms with Crippen molar-refractivity contribution in [2.24, 2.45) is 0 Å². The summed E-state index contributed by atoms with van der Waals surface area (Å²) in [5.41, 5.74) is 2.20. The maximum absolute atomic E-state index is 13.0. The van der Waals surface area contributed by atoms with E-state index in [1.54, 1.807) is 4.90 Å². The van der Waals surface area contributed by atoms with Gasteiger partial charge in [0.1, 0.15) is 11.6 Å². The molecule has 0 saturated carbocycles. The van der Waals surface area contributed by atoms with Crippen molar-refractivity contribution in [3.8, 4) is 0 Å². The molecule has 0 aromatic heterocycles. The minimum atomic E-state index is -0.591. The standard InChI is InChI=1S/C27H37N5O5/c1-27(2,3)37-26(36)31-10-8-19(9-11-31)29-12-14-30(15-13-29)20-4-5-21-18(16-20)17-32(25(21)35)22-6-7-23(33)28-24(22)34/h4-5,16,19,22H,6-15,17H2,1-3H3,(H,28,33,34)/t22-/m0/s1. The molecular weight excluding hydrogens is 474 g/mol. The van der Waals surface area contributed by atoms with Gasteiger partial charge in [-0.2, -0.15) is 0 Å². The van der Waals surface area contributed by atoms with Gasteiger partial charge >= 0.3 is 6.09 Å². The number of piperazine rings is 1. The molecule has 1 aromatic carbocycles. The molecular formula is C27H37N5O5. The third-order valence-electron chi connectivity index (χ3n) is 7.82. The number of fused-ring (bicyclic) bond motifs is 1. The highest BCUT2D eigenvalue weighted by atomic mass is 16.6. The topological polar surface area (TPSA) is 102 Å². The molecule has 10 nitrogen and oxygen atoms in total. The lowest BCUT2D eigenvalue weighted by Gasteiger charge is -2.43. The molecule has 4 aliphatic rings. The van der Waals surface area contributed by atoms with Gasteiger partial charge in [-0.1, -0.05) is 0 Å². The molecule has 1 atom stereocenters. The van der Waals surface area contributed by atoms with Gasteiger partial charge in [0.15, 0.2) is 0 Å². The Kier molecular flexibility index (Phi) is 6.87. The first-order chi connectivity index (χ1) is 17.6. The summed E-state index contributed by atoms with van der Waals surface area (Å²) in [6.45, 7) is 11.2. The van der Waals surface area contributed by atoms with E-state index in [-0.39, 0.29) is 30.2 Å². The molecule has 4 amide bonds. The van der Waals surface area contributed by atoms with Crippen molar-refractivity contribution in [2.45, 2.75) is 70.7 Å². The van der Waals surface area contributed by atoms with E-state index in [4.69, 9.17) is 4.74 Å². The van der Waals surface area contributed by atoms with Crippen LogP contribution in [-0.4, -0.2) is 95.5 Å². The van der Waals surface area contributed by atoms with Crippen molar-refractivity contribution >= 4 is 29.5 Å². The Labute approximate surface area is 217 Å². The Bertz CT molecular complexity index is 1080. The lowest BCUT2D eigenvalue weighted by molar-refractivity contribution is -0.136. The molecule has 10 heteroatoms. The predicted molar refractivity (Wildman–Crippen MR) is 137 cm³/mol. The van der Waals surface area contributed by atoms with E-state index in [0.29, 0.717) is 24.6 Å². The summed E-state index contributed by atoms with van der Waals surface area (Å²) in [6, 6.07) is 5.83. The van der Waals surface area contributed by atoms with Crippen LogP contribution in [-0.2, 0) is 20.9 Å². The first kappa shape index (κ1) is 25.5. The van der Waals surface area contributed by atoms with Crippen LogP contribution in [0.1, 0.15) is 62.4 Å². The number of rotatable bonds is 3. The molecule has 4 heterocycles. The minimum absolute atomic E-state index is 0.140. The Hall–Kier alpha value is -3.14. The number of carbonyl (C=O) groups excluding carboxylic acids is 4. The van der Waals surface area contributed by atoms with Gasteiger partial charge in [0.05, 0.1) is 0 Å². The molecule has 5 rings (SSSR count). The van der Waals surface area contributed by atoms with Gasteiger partial charge in [-0.3, -0.25) is 24.6 Å². The predicted octanol–water partition coefficient (Wildman–Crippen LogP) is 1.97. The number of imide groups is 1. The monoisotopic (exact) mass is 511 g/mol. The number of carbonyl (C=O) groups is 4. The van der Waals surface area contributed by atoms with Crippen LogP contribution >= 0.6 is 0 Å². The van der Waals surface area contributed by atoms with Crippen molar-refractivity contribution in [1.82, 2.24) is 20.0 Å². The number of ether oxygens (including phenoxy) is 1. The molecule has 1 aromatic rings. The van der Waals surface area contributed by atoms with Gasteiger partial charge < -0.3 is 19.4 Å². The van der Waals surface area contributed by atoms with Crippen molar-refractivity contribution < 1.29 is 23.9 Å². The third-order valence-corrected chi connectivity index (χ3v) is 7.82. The molecule has 1 N–H and O–H groups in total. The maximum atomic E-state index is 13.0. The second-order valence-corrected chi connectivity index (χ2v) is 11.5. The Morgan fingerprint density at radius 1 is 0.973 bits per heavy atom. The number of nitrogens with one attached hydrogen (secondary N) is 1. The largest absolute Gasteiger partial charge is 0.444 e. The fraction of sp³-hybridized carbons (Fsp3) is 0.630. The second kappa shape index (κ2) is 9.96. The van der Waals surface area contributed by atoms with Gasteiger partial charge in [-0.05, 0) is 63.8 Å². The molecule has 0 unspecified atom stereocenters. The van der Waals surface area contributed by atoms with Crippen LogP contribution in [0.3, 0.4) is 0 Å². The van der Waals surface area contributed by atoms with Gasteiger partial charge in [-0.15, -0.1) is 0 Å². The maximum Gasteiger partial charge on any atom is 0.410 e. The van der Waals surface area contributed by atoms with Crippen LogP contribution < -0.4 is 10.2 Å². The molecule has 0 spiro atoms. The smallest absolute Gasteiger partial charge is 0.410 e. The van der Waals surface area contributed by atoms with Crippen molar-refractivity contribution in [1.29, 1.82) is 0 Å². The average molecular weight is 512 g/mol. The Morgan fingerprint density at radius 3 is 2.32 bits per heavy atom. The van der Waals surface area contributed by atoms with E-state index < -0.39 is 11.6 Å². The van der Waals surface area contributed by atoms with Crippen LogP contribution in [0.25, 0.3) is 0 Å². The van der Waals surface area contributed by atoms with Gasteiger partial charge in [0.25, 0.3) is 5.91 Å². The van der Waals surface area contributed by atoms with E-state index in [0.717, 1.165) is 63.4 Å². The van der Waals surface area contributed by atoms with Gasteiger partial charge in [0, 0.05) is 69.5 Å². The number of anilines is 1. The van der Waals surface area contributed by atoms with Gasteiger partial charge in [0.2, 0.25) is 11.8 Å². The third kappa shape index (κ3) is 5.44. The van der Waals surface area contributed by atoms with Crippen LogP contribution in [0.2, 0.25) is 0 Å². The van der Waals surface area contributed by atoms with Crippen molar-refractivity contribution in [3.05, 3.63) is 29.3 Å². The molecule has 4 aliphatic heterocycles. The number of nitrogens with zero attached hydrogens (tertiary/aromatic N) is 4. The zero-order valence-corrected chi connectivity index (χ0v) is 22.0. The van der Waals surface area contributed by atoms with E-state index in [1.807, 2.05) is 37.8 Å². The van der Waals surface area contributed by atoms with Crippen LogP contribution in [0.4, 0.5) is 10.5 Å². The summed E-state index contributed by atoms with van der Waals surface area (Å²) >= 11 is 0. The molecule has 3 fully saturated rings. The summed E-state index contributed by atoms with van der Waals surface area (Å²) in [6.07, 6.45) is 2.32. The minimum Gasteiger partial charge on any atom is -0.444 e. The summed E-state index contributed by atoms with van der Waals surface area (Å²) in [4.78, 5) is 57.4. The van der Waals surface area contributed by atoms with E-state index >= 15 is 0 Å². The Balaban J connectivity index is 1.14.